The van der Waals surface area contributed by atoms with E-state index in [4.69, 9.17) is 0 Å². The van der Waals surface area contributed by atoms with Gasteiger partial charge in [0, 0.05) is 24.9 Å². The molecule has 0 bridgehead atoms. The summed E-state index contributed by atoms with van der Waals surface area (Å²) in [6, 6.07) is 6.70. The highest BCUT2D eigenvalue weighted by Crippen LogP contribution is 2.27. The lowest BCUT2D eigenvalue weighted by Crippen LogP contribution is -2.38. The SMILES string of the molecule is CC1CC(=O)CC(c2ccc3ncsc3c2)N1. The third-order valence-electron chi connectivity index (χ3n) is 3.21. The lowest BCUT2D eigenvalue weighted by atomic mass is 9.93. The number of benzene rings is 1. The summed E-state index contributed by atoms with van der Waals surface area (Å²) in [4.78, 5) is 15.9. The van der Waals surface area contributed by atoms with Gasteiger partial charge >= 0.3 is 0 Å². The molecule has 0 saturated carbocycles. The number of rotatable bonds is 1. The van der Waals surface area contributed by atoms with E-state index in [0.717, 1.165) is 5.52 Å². The molecule has 2 heterocycles. The summed E-state index contributed by atoms with van der Waals surface area (Å²) >= 11 is 1.64. The lowest BCUT2D eigenvalue weighted by Gasteiger charge is -2.28. The summed E-state index contributed by atoms with van der Waals surface area (Å²) in [7, 11) is 0. The van der Waals surface area contributed by atoms with Crippen LogP contribution < -0.4 is 5.32 Å². The normalized spacial score (nSPS) is 25.4. The minimum atomic E-state index is 0.165. The van der Waals surface area contributed by atoms with Crippen LogP contribution in [0.5, 0.6) is 0 Å². The van der Waals surface area contributed by atoms with Crippen molar-refractivity contribution in [1.82, 2.24) is 10.3 Å². The Bertz CT molecular complexity index is 563. The quantitative estimate of drug-likeness (QED) is 0.841. The molecule has 0 radical (unpaired) electrons. The molecule has 0 aliphatic carbocycles. The highest BCUT2D eigenvalue weighted by Gasteiger charge is 2.24. The van der Waals surface area contributed by atoms with E-state index in [-0.39, 0.29) is 12.1 Å². The van der Waals surface area contributed by atoms with Crippen LogP contribution in [0, 0.1) is 0 Å². The molecule has 0 spiro atoms. The van der Waals surface area contributed by atoms with Crippen molar-refractivity contribution in [3.8, 4) is 0 Å². The minimum Gasteiger partial charge on any atom is -0.307 e. The molecular formula is C13H14N2OS. The Morgan fingerprint density at radius 3 is 3.12 bits per heavy atom. The number of hydrogen-bond donors (Lipinski definition) is 1. The van der Waals surface area contributed by atoms with Crippen molar-refractivity contribution in [2.45, 2.75) is 31.8 Å². The number of ketones is 1. The summed E-state index contributed by atoms with van der Waals surface area (Å²) in [5.74, 6) is 0.352. The van der Waals surface area contributed by atoms with Gasteiger partial charge in [-0.05, 0) is 24.6 Å². The molecule has 3 rings (SSSR count). The van der Waals surface area contributed by atoms with Gasteiger partial charge in [0.25, 0.3) is 0 Å². The van der Waals surface area contributed by atoms with E-state index in [2.05, 4.69) is 29.4 Å². The molecule has 1 N–H and O–H groups in total. The van der Waals surface area contributed by atoms with Gasteiger partial charge in [-0.2, -0.15) is 0 Å². The van der Waals surface area contributed by atoms with Crippen LogP contribution in [-0.2, 0) is 4.79 Å². The highest BCUT2D eigenvalue weighted by atomic mass is 32.1. The van der Waals surface area contributed by atoms with E-state index in [1.807, 2.05) is 11.6 Å². The van der Waals surface area contributed by atoms with Gasteiger partial charge < -0.3 is 5.32 Å². The molecule has 0 amide bonds. The zero-order chi connectivity index (χ0) is 11.8. The van der Waals surface area contributed by atoms with Crippen LogP contribution in [-0.4, -0.2) is 16.8 Å². The standard InChI is InChI=1S/C13H14N2OS/c1-8-4-10(16)6-12(15-8)9-2-3-11-13(5-9)17-7-14-11/h2-3,5,7-8,12,15H,4,6H2,1H3. The third-order valence-corrected chi connectivity index (χ3v) is 4.00. The molecule has 1 saturated heterocycles. The van der Waals surface area contributed by atoms with Crippen molar-refractivity contribution in [1.29, 1.82) is 0 Å². The Balaban J connectivity index is 1.94. The first-order valence-electron chi connectivity index (χ1n) is 5.83. The van der Waals surface area contributed by atoms with Gasteiger partial charge in [0.05, 0.1) is 15.7 Å². The predicted molar refractivity (Wildman–Crippen MR) is 69.2 cm³/mol. The molecular weight excluding hydrogens is 232 g/mol. The predicted octanol–water partition coefficient (Wildman–Crippen LogP) is 2.68. The monoisotopic (exact) mass is 246 g/mol. The van der Waals surface area contributed by atoms with Crippen molar-refractivity contribution in [3.63, 3.8) is 0 Å². The Morgan fingerprint density at radius 1 is 1.41 bits per heavy atom. The summed E-state index contributed by atoms with van der Waals surface area (Å²) in [6.07, 6.45) is 1.26. The highest BCUT2D eigenvalue weighted by molar-refractivity contribution is 7.16. The van der Waals surface area contributed by atoms with Crippen molar-refractivity contribution >= 4 is 27.3 Å². The molecule has 2 aromatic rings. The van der Waals surface area contributed by atoms with E-state index in [1.165, 1.54) is 10.3 Å². The molecule has 1 aromatic carbocycles. The topological polar surface area (TPSA) is 42.0 Å². The molecule has 1 aliphatic heterocycles. The second-order valence-electron chi connectivity index (χ2n) is 4.65. The summed E-state index contributed by atoms with van der Waals surface area (Å²) in [5.41, 5.74) is 4.09. The third kappa shape index (κ3) is 2.10. The number of hydrogen-bond acceptors (Lipinski definition) is 4. The molecule has 17 heavy (non-hydrogen) atoms. The molecule has 88 valence electrons. The number of carbonyl (C=O) groups excluding carboxylic acids is 1. The number of fused-ring (bicyclic) bond motifs is 1. The summed E-state index contributed by atoms with van der Waals surface area (Å²) in [6.45, 7) is 2.06. The average Bonchev–Trinajstić information content (AvgIpc) is 2.74. The number of carbonyl (C=O) groups is 1. The number of nitrogens with zero attached hydrogens (tertiary/aromatic N) is 1. The molecule has 4 heteroatoms. The van der Waals surface area contributed by atoms with Crippen molar-refractivity contribution < 1.29 is 4.79 Å². The van der Waals surface area contributed by atoms with Gasteiger partial charge in [-0.3, -0.25) is 4.79 Å². The molecule has 3 nitrogen and oxygen atoms in total. The Morgan fingerprint density at radius 2 is 2.29 bits per heavy atom. The first kappa shape index (κ1) is 10.9. The number of nitrogens with one attached hydrogen (secondary N) is 1. The Hall–Kier alpha value is -1.26. The fourth-order valence-electron chi connectivity index (χ4n) is 2.42. The number of aromatic nitrogens is 1. The van der Waals surface area contributed by atoms with Crippen molar-refractivity contribution in [2.75, 3.05) is 0 Å². The van der Waals surface area contributed by atoms with E-state index >= 15 is 0 Å². The summed E-state index contributed by atoms with van der Waals surface area (Å²) < 4.78 is 1.19. The van der Waals surface area contributed by atoms with Crippen LogP contribution in [0.15, 0.2) is 23.7 Å². The van der Waals surface area contributed by atoms with Crippen molar-refractivity contribution in [2.24, 2.45) is 0 Å². The molecule has 1 fully saturated rings. The maximum atomic E-state index is 11.6. The second kappa shape index (κ2) is 4.20. The zero-order valence-corrected chi connectivity index (χ0v) is 10.5. The van der Waals surface area contributed by atoms with Gasteiger partial charge in [-0.1, -0.05) is 6.07 Å². The van der Waals surface area contributed by atoms with Crippen LogP contribution in [0.2, 0.25) is 0 Å². The minimum absolute atomic E-state index is 0.165. The van der Waals surface area contributed by atoms with Gasteiger partial charge in [0.15, 0.2) is 0 Å². The molecule has 1 aliphatic rings. The molecule has 1 aromatic heterocycles. The van der Waals surface area contributed by atoms with Crippen LogP contribution in [0.4, 0.5) is 0 Å². The van der Waals surface area contributed by atoms with E-state index in [0.29, 0.717) is 18.6 Å². The number of piperidine rings is 1. The van der Waals surface area contributed by atoms with Gasteiger partial charge in [0.2, 0.25) is 0 Å². The van der Waals surface area contributed by atoms with Crippen LogP contribution in [0.3, 0.4) is 0 Å². The van der Waals surface area contributed by atoms with Crippen LogP contribution in [0.25, 0.3) is 10.2 Å². The molecule has 2 atom stereocenters. The first-order chi connectivity index (χ1) is 8.22. The van der Waals surface area contributed by atoms with E-state index in [1.54, 1.807) is 11.3 Å². The lowest BCUT2D eigenvalue weighted by molar-refractivity contribution is -0.121. The van der Waals surface area contributed by atoms with Gasteiger partial charge in [-0.15, -0.1) is 11.3 Å². The Kier molecular flexibility index (Phi) is 2.68. The van der Waals surface area contributed by atoms with E-state index in [9.17, 15) is 4.79 Å². The van der Waals surface area contributed by atoms with E-state index < -0.39 is 0 Å². The zero-order valence-electron chi connectivity index (χ0n) is 9.64. The van der Waals surface area contributed by atoms with Gasteiger partial charge in [0.1, 0.15) is 5.78 Å². The van der Waals surface area contributed by atoms with Crippen LogP contribution >= 0.6 is 11.3 Å². The molecule has 2 unspecified atom stereocenters. The smallest absolute Gasteiger partial charge is 0.136 e. The summed E-state index contributed by atoms with van der Waals surface area (Å²) in [5, 5.41) is 3.48. The maximum absolute atomic E-state index is 11.6. The second-order valence-corrected chi connectivity index (χ2v) is 5.53. The van der Waals surface area contributed by atoms with Crippen molar-refractivity contribution in [3.05, 3.63) is 29.3 Å². The first-order valence-corrected chi connectivity index (χ1v) is 6.71. The fourth-order valence-corrected chi connectivity index (χ4v) is 3.14. The van der Waals surface area contributed by atoms with Crippen LogP contribution in [0.1, 0.15) is 31.4 Å². The number of Topliss-reactive ketones (excluding diaryl/α,β-unsaturated/α-hetero) is 1. The largest absolute Gasteiger partial charge is 0.307 e. The maximum Gasteiger partial charge on any atom is 0.136 e. The number of thiazole rings is 1. The average molecular weight is 246 g/mol. The fraction of sp³-hybridized carbons (Fsp3) is 0.385. The van der Waals surface area contributed by atoms with Gasteiger partial charge in [-0.25, -0.2) is 4.98 Å². The Labute approximate surface area is 104 Å².